The van der Waals surface area contributed by atoms with Gasteiger partial charge in [0.15, 0.2) is 11.6 Å². The smallest absolute Gasteiger partial charge is 0.165 e. The fourth-order valence-corrected chi connectivity index (χ4v) is 2.73. The van der Waals surface area contributed by atoms with E-state index in [2.05, 4.69) is 15.5 Å². The van der Waals surface area contributed by atoms with Crippen molar-refractivity contribution in [3.8, 4) is 0 Å². The molecule has 3 heterocycles. The molecular weight excluding hydrogens is 271 g/mol. The quantitative estimate of drug-likeness (QED) is 0.935. The highest BCUT2D eigenvalue weighted by molar-refractivity contribution is 5.41. The number of hydrogen-bond acceptors (Lipinski definition) is 5. The van der Waals surface area contributed by atoms with Crippen molar-refractivity contribution in [2.45, 2.75) is 32.9 Å². The molecule has 1 saturated heterocycles. The second kappa shape index (κ2) is 5.81. The Kier molecular flexibility index (Phi) is 3.88. The van der Waals surface area contributed by atoms with Crippen LogP contribution in [0.15, 0.2) is 22.9 Å². The Morgan fingerprint density at radius 3 is 3.05 bits per heavy atom. The van der Waals surface area contributed by atoms with Gasteiger partial charge >= 0.3 is 0 Å². The SMILES string of the molecule is Cc1noc(C)c1CN[C@@H]1CCN(c2ncccc2F)C1. The molecule has 1 atom stereocenters. The summed E-state index contributed by atoms with van der Waals surface area (Å²) < 4.78 is 18.9. The highest BCUT2D eigenvalue weighted by Crippen LogP contribution is 2.21. The van der Waals surface area contributed by atoms with E-state index in [9.17, 15) is 4.39 Å². The maximum Gasteiger partial charge on any atom is 0.165 e. The topological polar surface area (TPSA) is 54.2 Å². The van der Waals surface area contributed by atoms with Crippen LogP contribution in [0.2, 0.25) is 0 Å². The van der Waals surface area contributed by atoms with E-state index < -0.39 is 0 Å². The van der Waals surface area contributed by atoms with Crippen LogP contribution < -0.4 is 10.2 Å². The molecule has 5 nitrogen and oxygen atoms in total. The first-order valence-electron chi connectivity index (χ1n) is 7.15. The van der Waals surface area contributed by atoms with Crippen LogP contribution in [0, 0.1) is 19.7 Å². The van der Waals surface area contributed by atoms with E-state index >= 15 is 0 Å². The third kappa shape index (κ3) is 2.90. The third-order valence-corrected chi connectivity index (χ3v) is 3.98. The highest BCUT2D eigenvalue weighted by atomic mass is 19.1. The molecule has 3 rings (SSSR count). The third-order valence-electron chi connectivity index (χ3n) is 3.98. The number of nitrogens with zero attached hydrogens (tertiary/aromatic N) is 3. The van der Waals surface area contributed by atoms with Crippen molar-refractivity contribution in [2.24, 2.45) is 0 Å². The number of aryl methyl sites for hydroxylation is 2. The Labute approximate surface area is 123 Å². The molecule has 0 unspecified atom stereocenters. The van der Waals surface area contributed by atoms with Crippen LogP contribution in [-0.2, 0) is 6.54 Å². The zero-order valence-electron chi connectivity index (χ0n) is 12.3. The van der Waals surface area contributed by atoms with Crippen LogP contribution in [0.3, 0.4) is 0 Å². The first-order valence-corrected chi connectivity index (χ1v) is 7.15. The lowest BCUT2D eigenvalue weighted by molar-refractivity contribution is 0.391. The lowest BCUT2D eigenvalue weighted by atomic mass is 10.2. The van der Waals surface area contributed by atoms with Gasteiger partial charge < -0.3 is 14.7 Å². The summed E-state index contributed by atoms with van der Waals surface area (Å²) in [6, 6.07) is 3.38. The van der Waals surface area contributed by atoms with Crippen molar-refractivity contribution in [1.29, 1.82) is 0 Å². The molecule has 0 spiro atoms. The first-order chi connectivity index (χ1) is 10.1. The lowest BCUT2D eigenvalue weighted by Gasteiger charge is -2.18. The van der Waals surface area contributed by atoms with E-state index in [-0.39, 0.29) is 5.82 Å². The van der Waals surface area contributed by atoms with Crippen LogP contribution in [0.25, 0.3) is 0 Å². The average Bonchev–Trinajstić information content (AvgIpc) is 3.05. The fourth-order valence-electron chi connectivity index (χ4n) is 2.73. The van der Waals surface area contributed by atoms with Gasteiger partial charge in [0, 0.05) is 37.4 Å². The van der Waals surface area contributed by atoms with Gasteiger partial charge in [-0.3, -0.25) is 0 Å². The van der Waals surface area contributed by atoms with Crippen LogP contribution in [-0.4, -0.2) is 29.3 Å². The van der Waals surface area contributed by atoms with Crippen molar-refractivity contribution >= 4 is 5.82 Å². The predicted octanol–water partition coefficient (Wildman–Crippen LogP) is 2.19. The van der Waals surface area contributed by atoms with Gasteiger partial charge in [-0.05, 0) is 32.4 Å². The normalized spacial score (nSPS) is 18.4. The molecule has 1 N–H and O–H groups in total. The number of rotatable bonds is 4. The minimum Gasteiger partial charge on any atom is -0.361 e. The van der Waals surface area contributed by atoms with Crippen LogP contribution in [0.4, 0.5) is 10.2 Å². The summed E-state index contributed by atoms with van der Waals surface area (Å²) in [5, 5.41) is 7.44. The number of anilines is 1. The molecule has 0 amide bonds. The number of nitrogens with one attached hydrogen (secondary N) is 1. The molecule has 6 heteroatoms. The van der Waals surface area contributed by atoms with E-state index in [0.29, 0.717) is 11.9 Å². The molecule has 1 fully saturated rings. The molecule has 112 valence electrons. The summed E-state index contributed by atoms with van der Waals surface area (Å²) in [5.41, 5.74) is 2.03. The predicted molar refractivity (Wildman–Crippen MR) is 77.6 cm³/mol. The van der Waals surface area contributed by atoms with Gasteiger partial charge in [-0.1, -0.05) is 5.16 Å². The molecular formula is C15H19FN4O. The minimum absolute atomic E-state index is 0.260. The number of aromatic nitrogens is 2. The molecule has 0 bridgehead atoms. The van der Waals surface area contributed by atoms with Crippen molar-refractivity contribution in [3.63, 3.8) is 0 Å². The molecule has 1 aliphatic rings. The summed E-state index contributed by atoms with van der Waals surface area (Å²) in [6.07, 6.45) is 2.60. The van der Waals surface area contributed by atoms with Crippen molar-refractivity contribution in [1.82, 2.24) is 15.5 Å². The Morgan fingerprint density at radius 2 is 2.33 bits per heavy atom. The maximum atomic E-state index is 13.7. The highest BCUT2D eigenvalue weighted by Gasteiger charge is 2.25. The molecule has 0 aromatic carbocycles. The summed E-state index contributed by atoms with van der Waals surface area (Å²) in [7, 11) is 0. The van der Waals surface area contributed by atoms with E-state index in [1.165, 1.54) is 6.07 Å². The van der Waals surface area contributed by atoms with Gasteiger partial charge in [0.25, 0.3) is 0 Å². The average molecular weight is 290 g/mol. The largest absolute Gasteiger partial charge is 0.361 e. The van der Waals surface area contributed by atoms with Gasteiger partial charge in [0.05, 0.1) is 5.69 Å². The Balaban J connectivity index is 1.59. The summed E-state index contributed by atoms with van der Waals surface area (Å²) in [4.78, 5) is 6.12. The summed E-state index contributed by atoms with van der Waals surface area (Å²) in [5.74, 6) is 1.04. The van der Waals surface area contributed by atoms with Gasteiger partial charge in [-0.25, -0.2) is 9.37 Å². The molecule has 2 aromatic rings. The standard InChI is InChI=1S/C15H19FN4O/c1-10-13(11(2)21-19-10)8-18-12-5-7-20(9-12)15-14(16)4-3-6-17-15/h3-4,6,12,18H,5,7-9H2,1-2H3/t12-/m1/s1. The van der Waals surface area contributed by atoms with Crippen LogP contribution in [0.1, 0.15) is 23.4 Å². The van der Waals surface area contributed by atoms with E-state index in [1.807, 2.05) is 18.7 Å². The van der Waals surface area contributed by atoms with Gasteiger partial charge in [-0.2, -0.15) is 0 Å². The Morgan fingerprint density at radius 1 is 1.48 bits per heavy atom. The zero-order valence-corrected chi connectivity index (χ0v) is 12.3. The molecule has 0 radical (unpaired) electrons. The van der Waals surface area contributed by atoms with E-state index in [4.69, 9.17) is 4.52 Å². The number of pyridine rings is 1. The second-order valence-electron chi connectivity index (χ2n) is 5.42. The number of hydrogen-bond donors (Lipinski definition) is 1. The maximum absolute atomic E-state index is 13.7. The Bertz CT molecular complexity index is 608. The molecule has 0 saturated carbocycles. The van der Waals surface area contributed by atoms with E-state index in [0.717, 1.165) is 43.1 Å². The first kappa shape index (κ1) is 14.0. The lowest BCUT2D eigenvalue weighted by Crippen LogP contribution is -2.32. The Hall–Kier alpha value is -1.95. The summed E-state index contributed by atoms with van der Waals surface area (Å²) in [6.45, 7) is 6.16. The van der Waals surface area contributed by atoms with Gasteiger partial charge in [-0.15, -0.1) is 0 Å². The minimum atomic E-state index is -0.260. The van der Waals surface area contributed by atoms with Crippen molar-refractivity contribution in [3.05, 3.63) is 41.2 Å². The fraction of sp³-hybridized carbons (Fsp3) is 0.467. The zero-order chi connectivity index (χ0) is 14.8. The monoisotopic (exact) mass is 290 g/mol. The number of halogens is 1. The van der Waals surface area contributed by atoms with E-state index in [1.54, 1.807) is 12.3 Å². The molecule has 21 heavy (non-hydrogen) atoms. The van der Waals surface area contributed by atoms with Crippen molar-refractivity contribution in [2.75, 3.05) is 18.0 Å². The van der Waals surface area contributed by atoms with Crippen LogP contribution >= 0.6 is 0 Å². The molecule has 0 aliphatic carbocycles. The molecule has 2 aromatic heterocycles. The van der Waals surface area contributed by atoms with Crippen LogP contribution in [0.5, 0.6) is 0 Å². The summed E-state index contributed by atoms with van der Waals surface area (Å²) >= 11 is 0. The van der Waals surface area contributed by atoms with Crippen molar-refractivity contribution < 1.29 is 8.91 Å². The van der Waals surface area contributed by atoms with Gasteiger partial charge in [0.2, 0.25) is 0 Å². The second-order valence-corrected chi connectivity index (χ2v) is 5.42. The molecule has 1 aliphatic heterocycles. The van der Waals surface area contributed by atoms with Gasteiger partial charge in [0.1, 0.15) is 5.76 Å².